The number of hydrogen-bond donors (Lipinski definition) is 0. The molecule has 1 aliphatic rings. The lowest BCUT2D eigenvalue weighted by Gasteiger charge is -2.01. The van der Waals surface area contributed by atoms with Crippen LogP contribution in [0.25, 0.3) is 0 Å². The van der Waals surface area contributed by atoms with Crippen molar-refractivity contribution < 1.29 is 0 Å². The van der Waals surface area contributed by atoms with Gasteiger partial charge in [-0.2, -0.15) is 0 Å². The summed E-state index contributed by atoms with van der Waals surface area (Å²) in [6.45, 7) is 4.03. The van der Waals surface area contributed by atoms with Gasteiger partial charge in [0.2, 0.25) is 0 Å². The average Bonchev–Trinajstić information content (AvgIpc) is 2.47. The van der Waals surface area contributed by atoms with E-state index in [9.17, 15) is 0 Å². The van der Waals surface area contributed by atoms with Crippen LogP contribution in [-0.2, 0) is 6.42 Å². The molecule has 1 unspecified atom stereocenters. The van der Waals surface area contributed by atoms with Crippen LogP contribution < -0.4 is 0 Å². The third-order valence-electron chi connectivity index (χ3n) is 2.17. The molecule has 70 valence electrons. The standard InChI is InChI=1S/C9H11BrN2S/c1-5-8-3-7(4-10)13-9(8)12-6(2)11-5/h7H,3-4H2,1-2H3. The first-order valence-electron chi connectivity index (χ1n) is 4.27. The van der Waals surface area contributed by atoms with Crippen molar-refractivity contribution in [3.63, 3.8) is 0 Å². The van der Waals surface area contributed by atoms with Crippen molar-refractivity contribution in [1.29, 1.82) is 0 Å². The maximum Gasteiger partial charge on any atom is 0.126 e. The number of hydrogen-bond acceptors (Lipinski definition) is 3. The van der Waals surface area contributed by atoms with Crippen molar-refractivity contribution in [1.82, 2.24) is 9.97 Å². The van der Waals surface area contributed by atoms with Crippen molar-refractivity contribution in [2.24, 2.45) is 0 Å². The Bertz CT molecular complexity index is 341. The fraction of sp³-hybridized carbons (Fsp3) is 0.556. The number of halogens is 1. The van der Waals surface area contributed by atoms with Crippen LogP contribution in [0.5, 0.6) is 0 Å². The third-order valence-corrected chi connectivity index (χ3v) is 4.61. The highest BCUT2D eigenvalue weighted by Crippen LogP contribution is 2.37. The van der Waals surface area contributed by atoms with Gasteiger partial charge in [0.15, 0.2) is 0 Å². The van der Waals surface area contributed by atoms with Crippen LogP contribution >= 0.6 is 27.7 Å². The number of aryl methyl sites for hydroxylation is 2. The second kappa shape index (κ2) is 3.58. The summed E-state index contributed by atoms with van der Waals surface area (Å²) < 4.78 is 0. The Morgan fingerprint density at radius 3 is 2.92 bits per heavy atom. The Morgan fingerprint density at radius 1 is 1.46 bits per heavy atom. The summed E-state index contributed by atoms with van der Waals surface area (Å²) in [4.78, 5) is 8.82. The van der Waals surface area contributed by atoms with Crippen LogP contribution in [0, 0.1) is 13.8 Å². The molecule has 1 atom stereocenters. The minimum atomic E-state index is 0.643. The Morgan fingerprint density at radius 2 is 2.23 bits per heavy atom. The molecule has 0 bridgehead atoms. The van der Waals surface area contributed by atoms with Crippen LogP contribution in [-0.4, -0.2) is 20.5 Å². The number of thioether (sulfide) groups is 1. The van der Waals surface area contributed by atoms with E-state index < -0.39 is 0 Å². The normalized spacial score (nSPS) is 20.4. The Balaban J connectivity index is 2.40. The van der Waals surface area contributed by atoms with Crippen molar-refractivity contribution in [3.05, 3.63) is 17.1 Å². The number of rotatable bonds is 1. The van der Waals surface area contributed by atoms with E-state index in [1.165, 1.54) is 10.6 Å². The van der Waals surface area contributed by atoms with Gasteiger partial charge in [-0.25, -0.2) is 9.97 Å². The number of nitrogens with zero attached hydrogens (tertiary/aromatic N) is 2. The van der Waals surface area contributed by atoms with E-state index in [0.717, 1.165) is 23.3 Å². The largest absolute Gasteiger partial charge is 0.238 e. The Labute approximate surface area is 90.7 Å². The quantitative estimate of drug-likeness (QED) is 0.572. The van der Waals surface area contributed by atoms with E-state index in [2.05, 4.69) is 32.8 Å². The fourth-order valence-electron chi connectivity index (χ4n) is 1.55. The summed E-state index contributed by atoms with van der Waals surface area (Å²) in [5.74, 6) is 0.888. The molecule has 1 aromatic rings. The zero-order chi connectivity index (χ0) is 9.42. The molecule has 2 rings (SSSR count). The highest BCUT2D eigenvalue weighted by Gasteiger charge is 2.24. The van der Waals surface area contributed by atoms with Gasteiger partial charge in [0.05, 0.1) is 0 Å². The second-order valence-corrected chi connectivity index (χ2v) is 5.17. The van der Waals surface area contributed by atoms with E-state index >= 15 is 0 Å². The molecule has 0 spiro atoms. The third kappa shape index (κ3) is 1.74. The fourth-order valence-corrected chi connectivity index (χ4v) is 3.36. The van der Waals surface area contributed by atoms with Gasteiger partial charge >= 0.3 is 0 Å². The van der Waals surface area contributed by atoms with E-state index in [4.69, 9.17) is 0 Å². The molecular weight excluding hydrogens is 248 g/mol. The first kappa shape index (κ1) is 9.46. The van der Waals surface area contributed by atoms with Crippen LogP contribution in [0.4, 0.5) is 0 Å². The van der Waals surface area contributed by atoms with Gasteiger partial charge < -0.3 is 0 Å². The summed E-state index contributed by atoms with van der Waals surface area (Å²) in [5, 5.41) is 2.87. The summed E-state index contributed by atoms with van der Waals surface area (Å²) >= 11 is 5.38. The molecule has 2 heterocycles. The molecule has 2 nitrogen and oxygen atoms in total. The lowest BCUT2D eigenvalue weighted by Crippen LogP contribution is -2.02. The molecule has 1 aliphatic heterocycles. The molecule has 0 aromatic carbocycles. The van der Waals surface area contributed by atoms with Crippen molar-refractivity contribution in [3.8, 4) is 0 Å². The summed E-state index contributed by atoms with van der Waals surface area (Å²) in [5.41, 5.74) is 2.50. The topological polar surface area (TPSA) is 25.8 Å². The van der Waals surface area contributed by atoms with Crippen LogP contribution in [0.15, 0.2) is 5.03 Å². The zero-order valence-corrected chi connectivity index (χ0v) is 10.1. The van der Waals surface area contributed by atoms with Crippen LogP contribution in [0.3, 0.4) is 0 Å². The minimum Gasteiger partial charge on any atom is -0.238 e. The number of aromatic nitrogens is 2. The SMILES string of the molecule is Cc1nc(C)c2c(n1)SC(CBr)C2. The molecule has 0 N–H and O–H groups in total. The molecule has 1 aromatic heterocycles. The van der Waals surface area contributed by atoms with Crippen molar-refractivity contribution >= 4 is 27.7 Å². The van der Waals surface area contributed by atoms with E-state index in [-0.39, 0.29) is 0 Å². The smallest absolute Gasteiger partial charge is 0.126 e. The van der Waals surface area contributed by atoms with Gasteiger partial charge in [-0.15, -0.1) is 11.8 Å². The molecule has 4 heteroatoms. The predicted octanol–water partition coefficient (Wildman–Crippen LogP) is 2.51. The van der Waals surface area contributed by atoms with E-state index in [1.807, 2.05) is 18.7 Å². The highest BCUT2D eigenvalue weighted by atomic mass is 79.9. The van der Waals surface area contributed by atoms with Gasteiger partial charge in [-0.05, 0) is 20.3 Å². The van der Waals surface area contributed by atoms with Gasteiger partial charge in [0.1, 0.15) is 10.9 Å². The minimum absolute atomic E-state index is 0.643. The maximum absolute atomic E-state index is 4.44. The maximum atomic E-state index is 4.44. The molecule has 0 radical (unpaired) electrons. The molecule has 0 amide bonds. The molecule has 0 saturated heterocycles. The predicted molar refractivity (Wildman–Crippen MR) is 58.6 cm³/mol. The lowest BCUT2D eigenvalue weighted by atomic mass is 10.1. The first-order chi connectivity index (χ1) is 6.20. The molecular formula is C9H11BrN2S. The second-order valence-electron chi connectivity index (χ2n) is 3.24. The molecule has 0 fully saturated rings. The van der Waals surface area contributed by atoms with Gasteiger partial charge in [-0.1, -0.05) is 15.9 Å². The van der Waals surface area contributed by atoms with Crippen LogP contribution in [0.2, 0.25) is 0 Å². The molecule has 13 heavy (non-hydrogen) atoms. The number of fused-ring (bicyclic) bond motifs is 1. The zero-order valence-electron chi connectivity index (χ0n) is 7.67. The van der Waals surface area contributed by atoms with E-state index in [1.54, 1.807) is 0 Å². The van der Waals surface area contributed by atoms with Crippen LogP contribution in [0.1, 0.15) is 17.1 Å². The Hall–Kier alpha value is -0.0900. The van der Waals surface area contributed by atoms with Gasteiger partial charge in [0, 0.05) is 21.8 Å². The molecule has 0 aliphatic carbocycles. The van der Waals surface area contributed by atoms with Gasteiger partial charge in [0.25, 0.3) is 0 Å². The molecule has 0 saturated carbocycles. The van der Waals surface area contributed by atoms with Crippen molar-refractivity contribution in [2.45, 2.75) is 30.5 Å². The first-order valence-corrected chi connectivity index (χ1v) is 6.27. The van der Waals surface area contributed by atoms with Crippen molar-refractivity contribution in [2.75, 3.05) is 5.33 Å². The monoisotopic (exact) mass is 258 g/mol. The Kier molecular flexibility index (Phi) is 2.60. The summed E-state index contributed by atoms with van der Waals surface area (Å²) in [7, 11) is 0. The van der Waals surface area contributed by atoms with Gasteiger partial charge in [-0.3, -0.25) is 0 Å². The average molecular weight is 259 g/mol. The highest BCUT2D eigenvalue weighted by molar-refractivity contribution is 9.09. The van der Waals surface area contributed by atoms with E-state index in [0.29, 0.717) is 5.25 Å². The summed E-state index contributed by atoms with van der Waals surface area (Å²) in [6, 6.07) is 0. The summed E-state index contributed by atoms with van der Waals surface area (Å²) in [6.07, 6.45) is 1.11. The number of alkyl halides is 1. The lowest BCUT2D eigenvalue weighted by molar-refractivity contribution is 0.869.